The molecule has 19 heavy (non-hydrogen) atoms. The van der Waals surface area contributed by atoms with Gasteiger partial charge in [-0.3, -0.25) is 9.59 Å². The molecule has 1 atom stereocenters. The topological polar surface area (TPSA) is 62.5 Å². The number of amides is 1. The van der Waals surface area contributed by atoms with E-state index in [4.69, 9.17) is 5.11 Å². The van der Waals surface area contributed by atoms with Crippen LogP contribution < -0.4 is 0 Å². The summed E-state index contributed by atoms with van der Waals surface area (Å²) in [5.74, 6) is -1.24. The van der Waals surface area contributed by atoms with Gasteiger partial charge in [0.05, 0.1) is 5.92 Å². The first-order valence-electron chi connectivity index (χ1n) is 6.85. The number of carbonyl (C=O) groups excluding carboxylic acids is 1. The summed E-state index contributed by atoms with van der Waals surface area (Å²) in [6.45, 7) is 1.00. The van der Waals surface area contributed by atoms with Crippen molar-refractivity contribution in [3.8, 4) is 0 Å². The Morgan fingerprint density at radius 3 is 2.74 bits per heavy atom. The molecule has 1 N–H and O–H groups in total. The summed E-state index contributed by atoms with van der Waals surface area (Å²) in [6, 6.07) is 4.20. The summed E-state index contributed by atoms with van der Waals surface area (Å²) in [7, 11) is 0. The van der Waals surface area contributed by atoms with E-state index in [-0.39, 0.29) is 5.91 Å². The highest BCUT2D eigenvalue weighted by Gasteiger charge is 2.32. The SMILES string of the molecule is O=C(O)[C@@H]1CCCN(C(=O)c2cccn2C2CC2)C1. The third kappa shape index (κ3) is 2.37. The Morgan fingerprint density at radius 2 is 2.05 bits per heavy atom. The number of nitrogens with zero attached hydrogens (tertiary/aromatic N) is 2. The summed E-state index contributed by atoms with van der Waals surface area (Å²) in [4.78, 5) is 25.2. The molecule has 1 aliphatic heterocycles. The van der Waals surface area contributed by atoms with Gasteiger partial charge in [-0.25, -0.2) is 0 Å². The Morgan fingerprint density at radius 1 is 1.26 bits per heavy atom. The molecule has 1 aromatic heterocycles. The van der Waals surface area contributed by atoms with Crippen LogP contribution in [0.2, 0.25) is 0 Å². The number of carbonyl (C=O) groups is 2. The van der Waals surface area contributed by atoms with E-state index in [1.807, 2.05) is 22.9 Å². The zero-order valence-electron chi connectivity index (χ0n) is 10.8. The number of likely N-dealkylation sites (tertiary alicyclic amines) is 1. The van der Waals surface area contributed by atoms with Crippen molar-refractivity contribution >= 4 is 11.9 Å². The van der Waals surface area contributed by atoms with Crippen LogP contribution in [0.15, 0.2) is 18.3 Å². The van der Waals surface area contributed by atoms with Crippen LogP contribution in [0.5, 0.6) is 0 Å². The molecule has 5 nitrogen and oxygen atoms in total. The number of hydrogen-bond acceptors (Lipinski definition) is 2. The normalized spacial score (nSPS) is 23.4. The van der Waals surface area contributed by atoms with E-state index in [1.54, 1.807) is 4.90 Å². The van der Waals surface area contributed by atoms with Gasteiger partial charge in [0, 0.05) is 25.3 Å². The van der Waals surface area contributed by atoms with E-state index in [2.05, 4.69) is 0 Å². The predicted molar refractivity (Wildman–Crippen MR) is 69.0 cm³/mol. The number of aromatic nitrogens is 1. The maximum absolute atomic E-state index is 12.5. The van der Waals surface area contributed by atoms with E-state index < -0.39 is 11.9 Å². The highest BCUT2D eigenvalue weighted by atomic mass is 16.4. The fourth-order valence-electron chi connectivity index (χ4n) is 2.77. The van der Waals surface area contributed by atoms with Crippen molar-refractivity contribution in [1.29, 1.82) is 0 Å². The number of aliphatic carboxylic acids is 1. The minimum atomic E-state index is -0.796. The van der Waals surface area contributed by atoms with E-state index in [9.17, 15) is 9.59 Å². The zero-order chi connectivity index (χ0) is 13.4. The van der Waals surface area contributed by atoms with Gasteiger partial charge in [0.1, 0.15) is 5.69 Å². The quantitative estimate of drug-likeness (QED) is 0.902. The average Bonchev–Trinajstić information content (AvgIpc) is 3.15. The Labute approximate surface area is 111 Å². The third-order valence-electron chi connectivity index (χ3n) is 4.00. The van der Waals surface area contributed by atoms with Crippen LogP contribution >= 0.6 is 0 Å². The van der Waals surface area contributed by atoms with E-state index in [0.717, 1.165) is 19.3 Å². The van der Waals surface area contributed by atoms with Crippen LogP contribution in [0.1, 0.15) is 42.2 Å². The molecule has 1 saturated heterocycles. The second-order valence-corrected chi connectivity index (χ2v) is 5.46. The van der Waals surface area contributed by atoms with Crippen LogP contribution in [0.4, 0.5) is 0 Å². The van der Waals surface area contributed by atoms with Gasteiger partial charge in [0.15, 0.2) is 0 Å². The van der Waals surface area contributed by atoms with Gasteiger partial charge in [0.25, 0.3) is 5.91 Å². The lowest BCUT2D eigenvalue weighted by Crippen LogP contribution is -2.42. The molecule has 0 radical (unpaired) electrons. The molecule has 1 amide bonds. The van der Waals surface area contributed by atoms with E-state index >= 15 is 0 Å². The predicted octanol–water partition coefficient (Wildman–Crippen LogP) is 1.76. The van der Waals surface area contributed by atoms with Gasteiger partial charge in [-0.1, -0.05) is 0 Å². The Hall–Kier alpha value is -1.78. The molecular weight excluding hydrogens is 244 g/mol. The van der Waals surface area contributed by atoms with Crippen LogP contribution in [0.25, 0.3) is 0 Å². The number of piperidine rings is 1. The number of hydrogen-bond donors (Lipinski definition) is 1. The second-order valence-electron chi connectivity index (χ2n) is 5.46. The van der Waals surface area contributed by atoms with E-state index in [1.165, 1.54) is 0 Å². The Bertz CT molecular complexity index is 505. The van der Waals surface area contributed by atoms with Gasteiger partial charge in [0.2, 0.25) is 0 Å². The lowest BCUT2D eigenvalue weighted by atomic mass is 9.98. The molecule has 0 bridgehead atoms. The molecule has 0 aromatic carbocycles. The van der Waals surface area contributed by atoms with Crippen molar-refractivity contribution < 1.29 is 14.7 Å². The molecule has 1 aliphatic carbocycles. The van der Waals surface area contributed by atoms with Crippen molar-refractivity contribution in [3.05, 3.63) is 24.0 Å². The number of carboxylic acid groups (broad SMARTS) is 1. The maximum atomic E-state index is 12.5. The molecule has 0 unspecified atom stereocenters. The van der Waals surface area contributed by atoms with Crippen LogP contribution in [-0.4, -0.2) is 39.5 Å². The molecule has 1 saturated carbocycles. The molecule has 1 aromatic rings. The molecule has 3 rings (SSSR count). The van der Waals surface area contributed by atoms with Gasteiger partial charge in [-0.05, 0) is 37.8 Å². The van der Waals surface area contributed by atoms with Crippen molar-refractivity contribution in [1.82, 2.24) is 9.47 Å². The first-order valence-corrected chi connectivity index (χ1v) is 6.85. The lowest BCUT2D eigenvalue weighted by molar-refractivity contribution is -0.143. The minimum absolute atomic E-state index is 0.0251. The van der Waals surface area contributed by atoms with Crippen molar-refractivity contribution in [2.75, 3.05) is 13.1 Å². The summed E-state index contributed by atoms with van der Waals surface area (Å²) in [5.41, 5.74) is 0.702. The third-order valence-corrected chi connectivity index (χ3v) is 4.00. The van der Waals surface area contributed by atoms with Crippen LogP contribution in [-0.2, 0) is 4.79 Å². The Balaban J connectivity index is 1.75. The Kier molecular flexibility index (Phi) is 3.05. The number of carboxylic acids is 1. The largest absolute Gasteiger partial charge is 0.481 e. The highest BCUT2D eigenvalue weighted by molar-refractivity contribution is 5.93. The highest BCUT2D eigenvalue weighted by Crippen LogP contribution is 2.36. The summed E-state index contributed by atoms with van der Waals surface area (Å²) in [5, 5.41) is 9.08. The second kappa shape index (κ2) is 4.72. The minimum Gasteiger partial charge on any atom is -0.481 e. The van der Waals surface area contributed by atoms with Gasteiger partial charge in [-0.2, -0.15) is 0 Å². The fraction of sp³-hybridized carbons (Fsp3) is 0.571. The summed E-state index contributed by atoms with van der Waals surface area (Å²) in [6.07, 6.45) is 5.65. The lowest BCUT2D eigenvalue weighted by Gasteiger charge is -2.31. The van der Waals surface area contributed by atoms with Gasteiger partial charge < -0.3 is 14.6 Å². The van der Waals surface area contributed by atoms with Gasteiger partial charge in [-0.15, -0.1) is 0 Å². The molecule has 102 valence electrons. The standard InChI is InChI=1S/C14H18N2O3/c17-13(12-4-2-8-16(12)11-5-6-11)15-7-1-3-10(9-15)14(18)19/h2,4,8,10-11H,1,3,5-7,9H2,(H,18,19)/t10-/m1/s1. The van der Waals surface area contributed by atoms with Gasteiger partial charge >= 0.3 is 5.97 Å². The van der Waals surface area contributed by atoms with Crippen LogP contribution in [0, 0.1) is 5.92 Å². The molecule has 2 heterocycles. The molecule has 2 fully saturated rings. The van der Waals surface area contributed by atoms with Crippen LogP contribution in [0.3, 0.4) is 0 Å². The number of rotatable bonds is 3. The first-order chi connectivity index (χ1) is 9.16. The van der Waals surface area contributed by atoms with E-state index in [0.29, 0.717) is 31.2 Å². The molecule has 5 heteroatoms. The molecule has 0 spiro atoms. The monoisotopic (exact) mass is 262 g/mol. The molecular formula is C14H18N2O3. The zero-order valence-corrected chi connectivity index (χ0v) is 10.8. The maximum Gasteiger partial charge on any atom is 0.308 e. The first kappa shape index (κ1) is 12.3. The fourth-order valence-corrected chi connectivity index (χ4v) is 2.77. The average molecular weight is 262 g/mol. The summed E-state index contributed by atoms with van der Waals surface area (Å²) < 4.78 is 2.03. The molecule has 2 aliphatic rings. The smallest absolute Gasteiger partial charge is 0.308 e. The van der Waals surface area contributed by atoms with Crippen molar-refractivity contribution in [2.24, 2.45) is 5.92 Å². The van der Waals surface area contributed by atoms with Crippen molar-refractivity contribution in [2.45, 2.75) is 31.7 Å². The summed E-state index contributed by atoms with van der Waals surface area (Å²) >= 11 is 0. The van der Waals surface area contributed by atoms with Crippen molar-refractivity contribution in [3.63, 3.8) is 0 Å².